The molecule has 0 spiro atoms. The molecule has 0 aliphatic carbocycles. The lowest BCUT2D eigenvalue weighted by Crippen LogP contribution is -2.57. The zero-order valence-corrected chi connectivity index (χ0v) is 26.6. The van der Waals surface area contributed by atoms with Gasteiger partial charge < -0.3 is 23.6 Å². The van der Waals surface area contributed by atoms with Gasteiger partial charge in [-0.15, -0.1) is 11.8 Å². The summed E-state index contributed by atoms with van der Waals surface area (Å²) >= 11 is 8.22. The molecule has 2 saturated heterocycles. The first-order chi connectivity index (χ1) is 16.8. The van der Waals surface area contributed by atoms with E-state index in [0.717, 1.165) is 0 Å². The number of aromatic nitrogens is 4. The summed E-state index contributed by atoms with van der Waals surface area (Å²) in [5.74, 6) is 0.354. The summed E-state index contributed by atoms with van der Waals surface area (Å²) in [6, 6.07) is 0. The highest BCUT2D eigenvalue weighted by atomic mass is 35.5. The van der Waals surface area contributed by atoms with Crippen LogP contribution < -0.4 is 5.73 Å². The monoisotopic (exact) mass is 571 g/mol. The third-order valence-electron chi connectivity index (χ3n) is 8.24. The lowest BCUT2D eigenvalue weighted by Gasteiger charge is -2.44. The van der Waals surface area contributed by atoms with Gasteiger partial charge in [0.2, 0.25) is 14.3 Å². The van der Waals surface area contributed by atoms with Gasteiger partial charge in [0.15, 0.2) is 10.8 Å². The smallest absolute Gasteiger partial charge is 0.343 e. The van der Waals surface area contributed by atoms with Crippen LogP contribution in [0.3, 0.4) is 0 Å². The average Bonchev–Trinajstić information content (AvgIpc) is 3.34. The molecule has 2 aliphatic rings. The van der Waals surface area contributed by atoms with Crippen LogP contribution in [0.5, 0.6) is 0 Å². The summed E-state index contributed by atoms with van der Waals surface area (Å²) in [7, 11) is -4.81. The van der Waals surface area contributed by atoms with Crippen molar-refractivity contribution in [1.82, 2.24) is 19.5 Å². The number of hydrogen-bond acceptors (Lipinski definition) is 8. The first-order valence-electron chi connectivity index (χ1n) is 13.1. The highest BCUT2D eigenvalue weighted by Crippen LogP contribution is 2.52. The van der Waals surface area contributed by atoms with Crippen molar-refractivity contribution in [1.29, 1.82) is 0 Å². The molecule has 4 rings (SSSR count). The predicted molar refractivity (Wildman–Crippen MR) is 153 cm³/mol. The molecule has 0 aromatic carbocycles. The van der Waals surface area contributed by atoms with Gasteiger partial charge in [-0.3, -0.25) is 0 Å². The van der Waals surface area contributed by atoms with Crippen molar-refractivity contribution in [2.75, 3.05) is 18.6 Å². The van der Waals surface area contributed by atoms with Gasteiger partial charge in [-0.2, -0.15) is 9.97 Å². The molecule has 36 heavy (non-hydrogen) atoms. The topological polar surface area (TPSA) is 97.3 Å². The van der Waals surface area contributed by atoms with Crippen LogP contribution in [0.4, 0.5) is 5.95 Å². The number of fused-ring (bicyclic) bond motifs is 2. The number of thioether (sulfide) groups is 1. The molecule has 4 atom stereocenters. The quantitative estimate of drug-likeness (QED) is 0.329. The predicted octanol–water partition coefficient (Wildman–Crippen LogP) is 6.31. The third kappa shape index (κ3) is 4.67. The largest absolute Gasteiger partial charge is 0.410 e. The number of imidazole rings is 1. The number of hydrogen-bond donors (Lipinski definition) is 1. The van der Waals surface area contributed by atoms with E-state index in [1.54, 1.807) is 0 Å². The van der Waals surface area contributed by atoms with E-state index in [0.29, 0.717) is 46.2 Å². The second kappa shape index (κ2) is 10.5. The maximum Gasteiger partial charge on any atom is 0.343 e. The Morgan fingerprint density at radius 2 is 1.67 bits per heavy atom. The van der Waals surface area contributed by atoms with Gasteiger partial charge in [0.05, 0.1) is 35.9 Å². The van der Waals surface area contributed by atoms with Crippen molar-refractivity contribution in [3.05, 3.63) is 11.5 Å². The zero-order valence-electron chi connectivity index (χ0n) is 23.0. The Balaban J connectivity index is 1.78. The van der Waals surface area contributed by atoms with E-state index >= 15 is 0 Å². The van der Waals surface area contributed by atoms with Crippen molar-refractivity contribution in [2.24, 2.45) is 5.92 Å². The fourth-order valence-electron chi connectivity index (χ4n) is 5.97. The number of halogens is 1. The second-order valence-corrected chi connectivity index (χ2v) is 22.4. The van der Waals surface area contributed by atoms with Crippen molar-refractivity contribution in [3.63, 3.8) is 0 Å². The van der Waals surface area contributed by atoms with E-state index in [4.69, 9.17) is 30.6 Å². The summed E-state index contributed by atoms with van der Waals surface area (Å²) in [5, 5.41) is 0.522. The van der Waals surface area contributed by atoms with Gasteiger partial charge >= 0.3 is 8.56 Å². The molecule has 8 nitrogen and oxygen atoms in total. The van der Waals surface area contributed by atoms with E-state index in [-0.39, 0.29) is 33.7 Å². The van der Waals surface area contributed by atoms with Gasteiger partial charge in [0, 0.05) is 5.92 Å². The van der Waals surface area contributed by atoms with E-state index in [9.17, 15) is 0 Å². The Kier molecular flexibility index (Phi) is 8.23. The van der Waals surface area contributed by atoms with E-state index in [1.807, 2.05) is 18.1 Å². The van der Waals surface area contributed by atoms with Gasteiger partial charge in [-0.25, -0.2) is 4.98 Å². The molecule has 0 unspecified atom stereocenters. The Morgan fingerprint density at radius 3 is 2.25 bits per heavy atom. The van der Waals surface area contributed by atoms with Crippen LogP contribution in [-0.2, 0) is 13.3 Å². The fraction of sp³-hybridized carbons (Fsp3) is 0.792. The molecule has 12 heteroatoms. The standard InChI is InChI=1S/C24H42ClN5O3SSi2/c1-13(2)35(14(3)4)12-32-36(15(5)6,16(7)8)31-10-18-20(33-35)17(9)23(34-18)30-11-27-19-21(25)28-24(26)29-22(19)30/h11,13-18,20,23H,10,12H2,1-9H3,(H2,26,28,29)/t17-,18-,20+,23-/m1/s1. The molecule has 2 aromatic rings. The molecule has 2 aliphatic heterocycles. The fourth-order valence-corrected chi connectivity index (χ4v) is 16.6. The number of nitrogen functional groups attached to an aromatic ring is 1. The Morgan fingerprint density at radius 1 is 1.03 bits per heavy atom. The Labute approximate surface area is 226 Å². The van der Waals surface area contributed by atoms with Crippen LogP contribution in [-0.4, -0.2) is 60.6 Å². The zero-order chi connectivity index (χ0) is 26.6. The number of anilines is 1. The van der Waals surface area contributed by atoms with Crippen molar-refractivity contribution in [2.45, 2.75) is 101 Å². The first-order valence-corrected chi connectivity index (χ1v) is 18.7. The van der Waals surface area contributed by atoms with Crippen LogP contribution >= 0.6 is 23.4 Å². The summed E-state index contributed by atoms with van der Waals surface area (Å²) in [4.78, 5) is 13.1. The highest BCUT2D eigenvalue weighted by molar-refractivity contribution is 8.00. The normalized spacial score (nSPS) is 28.6. The van der Waals surface area contributed by atoms with Crippen molar-refractivity contribution < 1.29 is 13.3 Å². The molecule has 0 amide bonds. The number of nitrogens with zero attached hydrogens (tertiary/aromatic N) is 4. The lowest BCUT2D eigenvalue weighted by molar-refractivity contribution is 0.108. The molecule has 2 aromatic heterocycles. The summed E-state index contributed by atoms with van der Waals surface area (Å²) in [5.41, 5.74) is 8.71. The Hall–Kier alpha value is -0.696. The molecule has 0 saturated carbocycles. The third-order valence-corrected chi connectivity index (χ3v) is 20.1. The maximum atomic E-state index is 7.38. The van der Waals surface area contributed by atoms with E-state index < -0.39 is 16.9 Å². The molecule has 4 heterocycles. The average molecular weight is 572 g/mol. The number of nitrogens with two attached hydrogens (primary N) is 1. The molecular formula is C24H42ClN5O3SSi2. The van der Waals surface area contributed by atoms with E-state index in [2.05, 4.69) is 81.8 Å². The lowest BCUT2D eigenvalue weighted by atomic mass is 10.0. The molecule has 2 N–H and O–H groups in total. The molecule has 2 fully saturated rings. The minimum absolute atomic E-state index is 0.0382. The minimum Gasteiger partial charge on any atom is -0.410 e. The minimum atomic E-state index is -2.49. The molecular weight excluding hydrogens is 530 g/mol. The number of rotatable bonds is 5. The van der Waals surface area contributed by atoms with Crippen LogP contribution in [0.1, 0.15) is 67.7 Å². The van der Waals surface area contributed by atoms with Gasteiger partial charge in [-0.1, -0.05) is 73.9 Å². The molecule has 0 radical (unpaired) electrons. The van der Waals surface area contributed by atoms with Crippen molar-refractivity contribution in [3.8, 4) is 0 Å². The summed E-state index contributed by atoms with van der Waals surface area (Å²) in [6.45, 7) is 21.2. The van der Waals surface area contributed by atoms with Crippen LogP contribution in [0.2, 0.25) is 27.3 Å². The molecule has 202 valence electrons. The van der Waals surface area contributed by atoms with Gasteiger partial charge in [0.25, 0.3) is 0 Å². The van der Waals surface area contributed by atoms with Crippen molar-refractivity contribution >= 4 is 57.4 Å². The SMILES string of the molecule is CC(C)[Si]1(C(C)C)CO[Si](C(C)C)(C(C)C)OC[C@H]2S[C@@H](n3cnc4c(Cl)nc(N)nc43)[C@H](C)[C@@H]2O1. The van der Waals surface area contributed by atoms with Crippen LogP contribution in [0.25, 0.3) is 11.2 Å². The Bertz CT molecular complexity index is 1070. The highest BCUT2D eigenvalue weighted by Gasteiger charge is 2.56. The summed E-state index contributed by atoms with van der Waals surface area (Å²) in [6.07, 6.45) is 2.53. The molecule has 0 bridgehead atoms. The first kappa shape index (κ1) is 28.3. The van der Waals surface area contributed by atoms with Crippen LogP contribution in [0, 0.1) is 5.92 Å². The van der Waals surface area contributed by atoms with Crippen LogP contribution in [0.15, 0.2) is 6.33 Å². The van der Waals surface area contributed by atoms with Gasteiger partial charge in [-0.05, 0) is 22.2 Å². The van der Waals surface area contributed by atoms with Gasteiger partial charge in [0.1, 0.15) is 5.52 Å². The van der Waals surface area contributed by atoms with E-state index in [1.165, 1.54) is 0 Å². The second-order valence-electron chi connectivity index (χ2n) is 11.6. The maximum absolute atomic E-state index is 7.38. The summed E-state index contributed by atoms with van der Waals surface area (Å²) < 4.78 is 23.4.